The van der Waals surface area contributed by atoms with Gasteiger partial charge >= 0.3 is 0 Å². The molecule has 3 heterocycles. The Morgan fingerprint density at radius 2 is 1.74 bits per heavy atom. The summed E-state index contributed by atoms with van der Waals surface area (Å²) in [5.74, 6) is 0.352. The van der Waals surface area contributed by atoms with Gasteiger partial charge in [-0.05, 0) is 95.0 Å². The molecule has 2 atom stereocenters. The minimum absolute atomic E-state index is 0.0310. The number of carbonyl (C=O) groups excluding carboxylic acids is 2. The molecule has 1 aromatic heterocycles. The minimum atomic E-state index is -0.341. The van der Waals surface area contributed by atoms with Crippen molar-refractivity contribution in [3.05, 3.63) is 116 Å². The molecular formula is C32H28BrClN4O4. The first kappa shape index (κ1) is 28.1. The fourth-order valence-corrected chi connectivity index (χ4v) is 6.43. The van der Waals surface area contributed by atoms with Gasteiger partial charge in [-0.1, -0.05) is 17.7 Å². The highest BCUT2D eigenvalue weighted by molar-refractivity contribution is 9.10. The maximum atomic E-state index is 13.6. The standard InChI is InChI=1S/C32H28BrClN4O4/c1-42-24-10-11-26(33)25(15-24)32(41)36-27-14-20(31(40)35-23-8-6-22(34)7-9-23)5-12-29(27)37-16-19-13-21(18-37)28-3-2-4-30(39)38(28)17-19/h2-12,14-15,19,21H,13,16-18H2,1H3,(H,35,40)(H,36,41)/t19-,21+/m1/s1. The van der Waals surface area contributed by atoms with E-state index in [1.807, 2.05) is 22.8 Å². The van der Waals surface area contributed by atoms with Crippen molar-refractivity contribution in [1.29, 1.82) is 0 Å². The second kappa shape index (κ2) is 11.7. The van der Waals surface area contributed by atoms with Crippen molar-refractivity contribution < 1.29 is 14.3 Å². The first-order valence-corrected chi connectivity index (χ1v) is 14.8. The molecule has 0 aliphatic carbocycles. The molecule has 214 valence electrons. The third kappa shape index (κ3) is 5.67. The van der Waals surface area contributed by atoms with Gasteiger partial charge in [-0.15, -0.1) is 0 Å². The smallest absolute Gasteiger partial charge is 0.257 e. The molecule has 1 saturated heterocycles. The number of methoxy groups -OCH3 is 1. The third-order valence-corrected chi connectivity index (χ3v) is 8.79. The molecule has 10 heteroatoms. The summed E-state index contributed by atoms with van der Waals surface area (Å²) in [6.45, 7) is 2.06. The van der Waals surface area contributed by atoms with Crippen LogP contribution in [0, 0.1) is 5.92 Å². The number of nitrogens with one attached hydrogen (secondary N) is 2. The summed E-state index contributed by atoms with van der Waals surface area (Å²) in [4.78, 5) is 41.6. The van der Waals surface area contributed by atoms with Crippen molar-refractivity contribution in [3.63, 3.8) is 0 Å². The van der Waals surface area contributed by atoms with Crippen LogP contribution in [0.2, 0.25) is 5.02 Å². The number of rotatable bonds is 6. The molecule has 8 nitrogen and oxygen atoms in total. The normalized spacial score (nSPS) is 17.3. The summed E-state index contributed by atoms with van der Waals surface area (Å²) < 4.78 is 7.84. The topological polar surface area (TPSA) is 92.7 Å². The van der Waals surface area contributed by atoms with Crippen molar-refractivity contribution in [3.8, 4) is 5.75 Å². The largest absolute Gasteiger partial charge is 0.497 e. The Bertz CT molecular complexity index is 1740. The fraction of sp³-hybridized carbons (Fsp3) is 0.219. The van der Waals surface area contributed by atoms with Crippen LogP contribution in [-0.4, -0.2) is 36.6 Å². The van der Waals surface area contributed by atoms with Crippen molar-refractivity contribution >= 4 is 56.4 Å². The van der Waals surface area contributed by atoms with Gasteiger partial charge < -0.3 is 24.8 Å². The first-order valence-electron chi connectivity index (χ1n) is 13.6. The number of piperidine rings is 1. The number of aromatic nitrogens is 1. The monoisotopic (exact) mass is 646 g/mol. The van der Waals surface area contributed by atoms with Crippen LogP contribution >= 0.6 is 27.5 Å². The highest BCUT2D eigenvalue weighted by atomic mass is 79.9. The lowest BCUT2D eigenvalue weighted by atomic mass is 9.83. The SMILES string of the molecule is COc1ccc(Br)c(C(=O)Nc2cc(C(=O)Nc3ccc(Cl)cc3)ccc2N2C[C@H]3C[C@@H](C2)c2cccc(=O)n2C3)c1. The van der Waals surface area contributed by atoms with Crippen molar-refractivity contribution in [1.82, 2.24) is 4.57 Å². The van der Waals surface area contributed by atoms with E-state index < -0.39 is 0 Å². The molecule has 6 rings (SSSR count). The van der Waals surface area contributed by atoms with Gasteiger partial charge in [0.25, 0.3) is 17.4 Å². The number of hydrogen-bond acceptors (Lipinski definition) is 5. The Morgan fingerprint density at radius 3 is 2.52 bits per heavy atom. The minimum Gasteiger partial charge on any atom is -0.497 e. The summed E-state index contributed by atoms with van der Waals surface area (Å²) in [5.41, 5.74) is 3.80. The van der Waals surface area contributed by atoms with Crippen molar-refractivity contribution in [2.24, 2.45) is 5.92 Å². The van der Waals surface area contributed by atoms with Gasteiger partial charge in [0.15, 0.2) is 0 Å². The van der Waals surface area contributed by atoms with Gasteiger partial charge in [-0.3, -0.25) is 14.4 Å². The van der Waals surface area contributed by atoms with E-state index in [0.29, 0.717) is 50.8 Å². The number of hydrogen-bond donors (Lipinski definition) is 2. The molecule has 42 heavy (non-hydrogen) atoms. The second-order valence-electron chi connectivity index (χ2n) is 10.6. The molecule has 1 fully saturated rings. The van der Waals surface area contributed by atoms with Crippen LogP contribution in [0.5, 0.6) is 5.75 Å². The maximum absolute atomic E-state index is 13.6. The Kier molecular flexibility index (Phi) is 7.79. The zero-order chi connectivity index (χ0) is 29.4. The highest BCUT2D eigenvalue weighted by Crippen LogP contribution is 2.39. The lowest BCUT2D eigenvalue weighted by Gasteiger charge is -2.44. The van der Waals surface area contributed by atoms with Gasteiger partial charge in [0.1, 0.15) is 5.75 Å². The lowest BCUT2D eigenvalue weighted by molar-refractivity contribution is 0.101. The lowest BCUT2D eigenvalue weighted by Crippen LogP contribution is -2.47. The van der Waals surface area contributed by atoms with Crippen LogP contribution in [0.3, 0.4) is 0 Å². The molecular weight excluding hydrogens is 620 g/mol. The summed E-state index contributed by atoms with van der Waals surface area (Å²) in [5, 5.41) is 6.52. The van der Waals surface area contributed by atoms with Gasteiger partial charge in [0, 0.05) is 58.1 Å². The van der Waals surface area contributed by atoms with Crippen LogP contribution in [0.4, 0.5) is 17.1 Å². The van der Waals surface area contributed by atoms with E-state index in [1.54, 1.807) is 67.8 Å². The van der Waals surface area contributed by atoms with Gasteiger partial charge in [0.05, 0.1) is 24.0 Å². The van der Waals surface area contributed by atoms with E-state index in [4.69, 9.17) is 16.3 Å². The molecule has 2 aliphatic heterocycles. The van der Waals surface area contributed by atoms with Crippen LogP contribution < -0.4 is 25.8 Å². The van der Waals surface area contributed by atoms with Crippen molar-refractivity contribution in [2.75, 3.05) is 35.7 Å². The first-order chi connectivity index (χ1) is 20.3. The fourth-order valence-electron chi connectivity index (χ4n) is 5.88. The molecule has 2 aliphatic rings. The molecule has 0 saturated carbocycles. The molecule has 2 amide bonds. The van der Waals surface area contributed by atoms with Gasteiger partial charge in [-0.2, -0.15) is 0 Å². The molecule has 4 aromatic rings. The Labute approximate surface area is 256 Å². The average Bonchev–Trinajstić information content (AvgIpc) is 2.99. The van der Waals surface area contributed by atoms with E-state index in [1.165, 1.54) is 0 Å². The van der Waals surface area contributed by atoms with Crippen LogP contribution in [-0.2, 0) is 6.54 Å². The summed E-state index contributed by atoms with van der Waals surface area (Å²) in [6, 6.07) is 22.9. The summed E-state index contributed by atoms with van der Waals surface area (Å²) in [6.07, 6.45) is 1.000. The Morgan fingerprint density at radius 1 is 0.929 bits per heavy atom. The van der Waals surface area contributed by atoms with Gasteiger partial charge in [-0.25, -0.2) is 0 Å². The predicted molar refractivity (Wildman–Crippen MR) is 168 cm³/mol. The molecule has 3 aromatic carbocycles. The number of anilines is 3. The Balaban J connectivity index is 1.34. The van der Waals surface area contributed by atoms with Crippen LogP contribution in [0.15, 0.2) is 88.1 Å². The van der Waals surface area contributed by atoms with E-state index in [-0.39, 0.29) is 29.2 Å². The predicted octanol–water partition coefficient (Wildman–Crippen LogP) is 6.40. The van der Waals surface area contributed by atoms with E-state index in [9.17, 15) is 14.4 Å². The summed E-state index contributed by atoms with van der Waals surface area (Å²) in [7, 11) is 1.55. The summed E-state index contributed by atoms with van der Waals surface area (Å²) >= 11 is 9.47. The zero-order valence-electron chi connectivity index (χ0n) is 22.8. The van der Waals surface area contributed by atoms with Crippen LogP contribution in [0.1, 0.15) is 38.7 Å². The zero-order valence-corrected chi connectivity index (χ0v) is 25.1. The average molecular weight is 648 g/mol. The number of halogens is 2. The molecule has 0 unspecified atom stereocenters. The number of fused-ring (bicyclic) bond motifs is 4. The number of carbonyl (C=O) groups is 2. The molecule has 2 N–H and O–H groups in total. The number of benzene rings is 3. The highest BCUT2D eigenvalue weighted by Gasteiger charge is 2.35. The van der Waals surface area contributed by atoms with Crippen LogP contribution in [0.25, 0.3) is 0 Å². The number of pyridine rings is 1. The third-order valence-electron chi connectivity index (χ3n) is 7.85. The molecule has 0 radical (unpaired) electrons. The van der Waals surface area contributed by atoms with E-state index in [0.717, 1.165) is 24.3 Å². The Hall–Kier alpha value is -4.08. The second-order valence-corrected chi connectivity index (χ2v) is 11.9. The maximum Gasteiger partial charge on any atom is 0.257 e. The molecule has 2 bridgehead atoms. The number of ether oxygens (including phenoxy) is 1. The molecule has 0 spiro atoms. The van der Waals surface area contributed by atoms with Gasteiger partial charge in [0.2, 0.25) is 0 Å². The van der Waals surface area contributed by atoms with E-state index >= 15 is 0 Å². The quantitative estimate of drug-likeness (QED) is 0.253. The van der Waals surface area contributed by atoms with E-state index in [2.05, 4.69) is 31.5 Å². The number of amides is 2. The van der Waals surface area contributed by atoms with Crippen molar-refractivity contribution in [2.45, 2.75) is 18.9 Å². The number of nitrogens with zero attached hydrogens (tertiary/aromatic N) is 2.